The highest BCUT2D eigenvalue weighted by molar-refractivity contribution is 5.92. The predicted octanol–water partition coefficient (Wildman–Crippen LogP) is 0.851. The summed E-state index contributed by atoms with van der Waals surface area (Å²) in [6.07, 6.45) is 1.89. The van der Waals surface area contributed by atoms with E-state index in [0.29, 0.717) is 5.52 Å². The zero-order valence-electron chi connectivity index (χ0n) is 8.25. The van der Waals surface area contributed by atoms with Gasteiger partial charge < -0.3 is 9.90 Å². The van der Waals surface area contributed by atoms with Gasteiger partial charge in [0.25, 0.3) is 0 Å². The maximum absolute atomic E-state index is 10.7. The van der Waals surface area contributed by atoms with E-state index in [1.54, 1.807) is 6.07 Å². The predicted molar refractivity (Wildman–Crippen MR) is 57.0 cm³/mol. The standard InChI is InChI=1S/C12H8N2O2/c15-12(16)8-4-5-10-9(7-8)13-11-3-1-2-6-14(10)11/h1-7H,(H,15,16)/p-1. The molecule has 78 valence electrons. The second-order valence-corrected chi connectivity index (χ2v) is 3.53. The van der Waals surface area contributed by atoms with Gasteiger partial charge in [0.15, 0.2) is 0 Å². The van der Waals surface area contributed by atoms with Crippen molar-refractivity contribution in [2.45, 2.75) is 0 Å². The van der Waals surface area contributed by atoms with Crippen LogP contribution in [0.15, 0.2) is 42.6 Å². The van der Waals surface area contributed by atoms with E-state index < -0.39 is 5.97 Å². The molecule has 3 rings (SSSR count). The van der Waals surface area contributed by atoms with Crippen molar-refractivity contribution in [2.75, 3.05) is 0 Å². The minimum absolute atomic E-state index is 0.149. The molecule has 0 amide bonds. The SMILES string of the molecule is O=C([O-])c1ccc2c(c1)nc1ccccn12. The van der Waals surface area contributed by atoms with Gasteiger partial charge in [0, 0.05) is 6.20 Å². The third kappa shape index (κ3) is 1.16. The van der Waals surface area contributed by atoms with Crippen molar-refractivity contribution in [3.05, 3.63) is 48.2 Å². The van der Waals surface area contributed by atoms with E-state index in [2.05, 4.69) is 4.98 Å². The number of carbonyl (C=O) groups excluding carboxylic acids is 1. The topological polar surface area (TPSA) is 57.4 Å². The van der Waals surface area contributed by atoms with Gasteiger partial charge in [-0.2, -0.15) is 0 Å². The lowest BCUT2D eigenvalue weighted by molar-refractivity contribution is -0.255. The quantitative estimate of drug-likeness (QED) is 0.599. The highest BCUT2D eigenvalue weighted by Crippen LogP contribution is 2.17. The first-order valence-corrected chi connectivity index (χ1v) is 4.84. The summed E-state index contributed by atoms with van der Waals surface area (Å²) in [6.45, 7) is 0. The van der Waals surface area contributed by atoms with Crippen molar-refractivity contribution in [1.82, 2.24) is 9.38 Å². The van der Waals surface area contributed by atoms with Crippen LogP contribution in [0.1, 0.15) is 10.4 Å². The van der Waals surface area contributed by atoms with Gasteiger partial charge in [-0.25, -0.2) is 4.98 Å². The van der Waals surface area contributed by atoms with Crippen LogP contribution in [0.3, 0.4) is 0 Å². The molecule has 0 saturated carbocycles. The van der Waals surface area contributed by atoms with E-state index in [4.69, 9.17) is 0 Å². The number of rotatable bonds is 1. The summed E-state index contributed by atoms with van der Waals surface area (Å²) in [5.74, 6) is -1.18. The van der Waals surface area contributed by atoms with Crippen molar-refractivity contribution in [2.24, 2.45) is 0 Å². The molecule has 3 aromatic rings. The van der Waals surface area contributed by atoms with Gasteiger partial charge in [-0.15, -0.1) is 0 Å². The minimum atomic E-state index is -1.18. The van der Waals surface area contributed by atoms with Crippen molar-refractivity contribution in [3.8, 4) is 0 Å². The van der Waals surface area contributed by atoms with Gasteiger partial charge in [0.2, 0.25) is 0 Å². The summed E-state index contributed by atoms with van der Waals surface area (Å²) in [6, 6.07) is 10.5. The molecule has 1 aromatic carbocycles. The fourth-order valence-electron chi connectivity index (χ4n) is 1.80. The molecular formula is C12H7N2O2-. The molecular weight excluding hydrogens is 204 g/mol. The highest BCUT2D eigenvalue weighted by Gasteiger charge is 2.04. The summed E-state index contributed by atoms with van der Waals surface area (Å²) in [4.78, 5) is 15.0. The van der Waals surface area contributed by atoms with Crippen LogP contribution in [0.4, 0.5) is 0 Å². The first kappa shape index (κ1) is 8.91. The van der Waals surface area contributed by atoms with Gasteiger partial charge in [0.1, 0.15) is 5.65 Å². The Bertz CT molecular complexity index is 700. The fourth-order valence-corrected chi connectivity index (χ4v) is 1.80. The number of nitrogens with zero attached hydrogens (tertiary/aromatic N) is 2. The van der Waals surface area contributed by atoms with Gasteiger partial charge >= 0.3 is 0 Å². The number of carboxylic acids is 1. The van der Waals surface area contributed by atoms with Gasteiger partial charge in [-0.3, -0.25) is 4.40 Å². The number of hydrogen-bond acceptors (Lipinski definition) is 3. The summed E-state index contributed by atoms with van der Waals surface area (Å²) >= 11 is 0. The van der Waals surface area contributed by atoms with Gasteiger partial charge in [-0.05, 0) is 29.8 Å². The summed E-state index contributed by atoms with van der Waals surface area (Å²) in [5.41, 5.74) is 2.50. The van der Waals surface area contributed by atoms with Gasteiger partial charge in [-0.1, -0.05) is 12.1 Å². The van der Waals surface area contributed by atoms with E-state index in [-0.39, 0.29) is 5.56 Å². The zero-order chi connectivity index (χ0) is 11.1. The highest BCUT2D eigenvalue weighted by atomic mass is 16.4. The molecule has 0 radical (unpaired) electrons. The number of aromatic carboxylic acids is 1. The van der Waals surface area contributed by atoms with Crippen molar-refractivity contribution >= 4 is 22.6 Å². The van der Waals surface area contributed by atoms with Crippen LogP contribution in [0.5, 0.6) is 0 Å². The lowest BCUT2D eigenvalue weighted by atomic mass is 10.2. The average Bonchev–Trinajstić information content (AvgIpc) is 2.66. The Kier molecular flexibility index (Phi) is 1.71. The van der Waals surface area contributed by atoms with Crippen molar-refractivity contribution in [3.63, 3.8) is 0 Å². The molecule has 0 bridgehead atoms. The van der Waals surface area contributed by atoms with Crippen LogP contribution < -0.4 is 5.11 Å². The van der Waals surface area contributed by atoms with Crippen LogP contribution >= 0.6 is 0 Å². The summed E-state index contributed by atoms with van der Waals surface area (Å²) < 4.78 is 1.91. The lowest BCUT2D eigenvalue weighted by Gasteiger charge is -2.00. The van der Waals surface area contributed by atoms with E-state index in [9.17, 15) is 9.90 Å². The largest absolute Gasteiger partial charge is 0.545 e. The number of fused-ring (bicyclic) bond motifs is 3. The van der Waals surface area contributed by atoms with E-state index in [1.165, 1.54) is 12.1 Å². The Morgan fingerprint density at radius 3 is 2.94 bits per heavy atom. The molecule has 0 aliphatic carbocycles. The fraction of sp³-hybridized carbons (Fsp3) is 0. The van der Waals surface area contributed by atoms with E-state index >= 15 is 0 Å². The minimum Gasteiger partial charge on any atom is -0.545 e. The number of carbonyl (C=O) groups is 1. The molecule has 0 aliphatic heterocycles. The average molecular weight is 211 g/mol. The maximum Gasteiger partial charge on any atom is 0.137 e. The van der Waals surface area contributed by atoms with Crippen LogP contribution in [0.2, 0.25) is 0 Å². The molecule has 4 nitrogen and oxygen atoms in total. The van der Waals surface area contributed by atoms with Crippen LogP contribution in [0.25, 0.3) is 16.7 Å². The molecule has 0 spiro atoms. The Hall–Kier alpha value is -2.36. The second-order valence-electron chi connectivity index (χ2n) is 3.53. The monoisotopic (exact) mass is 211 g/mol. The van der Waals surface area contributed by atoms with Crippen molar-refractivity contribution in [1.29, 1.82) is 0 Å². The molecule has 0 atom stereocenters. The molecule has 2 heterocycles. The molecule has 0 fully saturated rings. The molecule has 2 aromatic heterocycles. The van der Waals surface area contributed by atoms with E-state index in [0.717, 1.165) is 11.2 Å². The number of aromatic nitrogens is 2. The maximum atomic E-state index is 10.7. The molecule has 0 N–H and O–H groups in total. The number of imidazole rings is 1. The van der Waals surface area contributed by atoms with Crippen molar-refractivity contribution < 1.29 is 9.90 Å². The lowest BCUT2D eigenvalue weighted by Crippen LogP contribution is -2.21. The van der Waals surface area contributed by atoms with Crippen LogP contribution in [-0.2, 0) is 0 Å². The second kappa shape index (κ2) is 3.06. The molecule has 0 aliphatic rings. The zero-order valence-corrected chi connectivity index (χ0v) is 8.25. The Morgan fingerprint density at radius 2 is 2.12 bits per heavy atom. The number of carboxylic acid groups (broad SMARTS) is 1. The van der Waals surface area contributed by atoms with Gasteiger partial charge in [0.05, 0.1) is 17.0 Å². The summed E-state index contributed by atoms with van der Waals surface area (Å²) in [7, 11) is 0. The number of pyridine rings is 1. The molecule has 0 unspecified atom stereocenters. The Morgan fingerprint density at radius 1 is 1.25 bits per heavy atom. The number of hydrogen-bond donors (Lipinski definition) is 0. The molecule has 0 saturated heterocycles. The third-order valence-electron chi connectivity index (χ3n) is 2.54. The third-order valence-corrected chi connectivity index (χ3v) is 2.54. The first-order valence-electron chi connectivity index (χ1n) is 4.84. The van der Waals surface area contributed by atoms with Crippen LogP contribution in [0, 0.1) is 0 Å². The Labute approximate surface area is 90.8 Å². The summed E-state index contributed by atoms with van der Waals surface area (Å²) in [5, 5.41) is 10.7. The smallest absolute Gasteiger partial charge is 0.137 e. The normalized spacial score (nSPS) is 11.0. The molecule has 4 heteroatoms. The van der Waals surface area contributed by atoms with E-state index in [1.807, 2.05) is 28.8 Å². The van der Waals surface area contributed by atoms with Crippen LogP contribution in [-0.4, -0.2) is 15.4 Å². The Balaban J connectivity index is 2.41. The first-order chi connectivity index (χ1) is 7.75. The molecule has 16 heavy (non-hydrogen) atoms. The number of benzene rings is 1.